The van der Waals surface area contributed by atoms with E-state index in [4.69, 9.17) is 0 Å². The highest BCUT2D eigenvalue weighted by Crippen LogP contribution is 2.16. The SMILES string of the molecule is CC(CNC(=O)CNC(=O)c1ccccc1)c1ccsc1. The largest absolute Gasteiger partial charge is 0.354 e. The molecule has 0 aliphatic carbocycles. The van der Waals surface area contributed by atoms with Crippen LogP contribution in [0.3, 0.4) is 0 Å². The van der Waals surface area contributed by atoms with E-state index in [-0.39, 0.29) is 24.3 Å². The summed E-state index contributed by atoms with van der Waals surface area (Å²) in [7, 11) is 0. The number of benzene rings is 1. The molecule has 0 aliphatic heterocycles. The summed E-state index contributed by atoms with van der Waals surface area (Å²) in [4.78, 5) is 23.5. The first kappa shape index (κ1) is 15.3. The molecule has 1 unspecified atom stereocenters. The second-order valence-electron chi connectivity index (χ2n) is 4.81. The summed E-state index contributed by atoms with van der Waals surface area (Å²) in [5.41, 5.74) is 1.77. The molecule has 1 aromatic heterocycles. The van der Waals surface area contributed by atoms with Gasteiger partial charge in [-0.1, -0.05) is 25.1 Å². The lowest BCUT2D eigenvalue weighted by Crippen LogP contribution is -2.38. The molecule has 0 bridgehead atoms. The third-order valence-corrected chi connectivity index (χ3v) is 3.86. The maximum absolute atomic E-state index is 11.8. The number of amides is 2. The van der Waals surface area contributed by atoms with Crippen LogP contribution in [0.2, 0.25) is 0 Å². The van der Waals surface area contributed by atoms with Crippen LogP contribution in [0, 0.1) is 0 Å². The van der Waals surface area contributed by atoms with E-state index in [1.165, 1.54) is 5.56 Å². The van der Waals surface area contributed by atoms with Gasteiger partial charge in [-0.05, 0) is 40.4 Å². The van der Waals surface area contributed by atoms with E-state index in [0.29, 0.717) is 12.1 Å². The Balaban J connectivity index is 1.71. The van der Waals surface area contributed by atoms with Gasteiger partial charge < -0.3 is 10.6 Å². The number of thiophene rings is 1. The zero-order valence-corrected chi connectivity index (χ0v) is 12.7. The molecule has 1 aromatic carbocycles. The van der Waals surface area contributed by atoms with E-state index >= 15 is 0 Å². The molecule has 1 atom stereocenters. The normalized spacial score (nSPS) is 11.7. The minimum Gasteiger partial charge on any atom is -0.354 e. The van der Waals surface area contributed by atoms with Crippen LogP contribution in [0.1, 0.15) is 28.8 Å². The van der Waals surface area contributed by atoms with E-state index < -0.39 is 0 Å². The number of nitrogens with one attached hydrogen (secondary N) is 2. The summed E-state index contributed by atoms with van der Waals surface area (Å²) >= 11 is 1.64. The monoisotopic (exact) mass is 302 g/mol. The fourth-order valence-corrected chi connectivity index (χ4v) is 2.64. The van der Waals surface area contributed by atoms with Crippen LogP contribution in [-0.2, 0) is 4.79 Å². The number of hydrogen-bond donors (Lipinski definition) is 2. The van der Waals surface area contributed by atoms with Crippen molar-refractivity contribution in [1.29, 1.82) is 0 Å². The Bertz CT molecular complexity index is 582. The van der Waals surface area contributed by atoms with Crippen LogP contribution in [0.5, 0.6) is 0 Å². The molecule has 21 heavy (non-hydrogen) atoms. The van der Waals surface area contributed by atoms with Crippen molar-refractivity contribution >= 4 is 23.2 Å². The van der Waals surface area contributed by atoms with Gasteiger partial charge in [0.05, 0.1) is 6.54 Å². The molecule has 1 heterocycles. The molecule has 0 radical (unpaired) electrons. The number of carbonyl (C=O) groups excluding carboxylic acids is 2. The van der Waals surface area contributed by atoms with Crippen molar-refractivity contribution in [3.63, 3.8) is 0 Å². The van der Waals surface area contributed by atoms with Gasteiger partial charge in [0, 0.05) is 12.1 Å². The molecule has 2 amide bonds. The maximum Gasteiger partial charge on any atom is 0.251 e. The summed E-state index contributed by atoms with van der Waals surface area (Å²) < 4.78 is 0. The molecule has 0 aliphatic rings. The minimum atomic E-state index is -0.239. The lowest BCUT2D eigenvalue weighted by molar-refractivity contribution is -0.120. The minimum absolute atomic E-state index is 0.00984. The van der Waals surface area contributed by atoms with Crippen LogP contribution in [0.4, 0.5) is 0 Å². The van der Waals surface area contributed by atoms with Crippen LogP contribution in [0.25, 0.3) is 0 Å². The van der Waals surface area contributed by atoms with Crippen molar-refractivity contribution in [1.82, 2.24) is 10.6 Å². The molecule has 5 heteroatoms. The molecular weight excluding hydrogens is 284 g/mol. The fraction of sp³-hybridized carbons (Fsp3) is 0.250. The van der Waals surface area contributed by atoms with E-state index in [1.807, 2.05) is 11.4 Å². The zero-order valence-electron chi connectivity index (χ0n) is 11.8. The molecule has 0 saturated heterocycles. The Morgan fingerprint density at radius 3 is 2.57 bits per heavy atom. The quantitative estimate of drug-likeness (QED) is 0.861. The predicted octanol–water partition coefficient (Wildman–Crippen LogP) is 2.40. The highest BCUT2D eigenvalue weighted by molar-refractivity contribution is 7.07. The maximum atomic E-state index is 11.8. The summed E-state index contributed by atoms with van der Waals surface area (Å²) in [6.45, 7) is 2.62. The smallest absolute Gasteiger partial charge is 0.251 e. The molecule has 0 saturated carbocycles. The van der Waals surface area contributed by atoms with Gasteiger partial charge in [0.15, 0.2) is 0 Å². The standard InChI is InChI=1S/C16H18N2O2S/c1-12(14-7-8-21-11-14)9-17-15(19)10-18-16(20)13-5-3-2-4-6-13/h2-8,11-12H,9-10H2,1H3,(H,17,19)(H,18,20). The summed E-state index contributed by atoms with van der Waals surface area (Å²) in [5.74, 6) is -0.150. The Kier molecular flexibility index (Phi) is 5.51. The molecule has 2 rings (SSSR count). The Hall–Kier alpha value is -2.14. The van der Waals surface area contributed by atoms with E-state index in [2.05, 4.69) is 29.0 Å². The number of rotatable bonds is 6. The molecule has 110 valence electrons. The van der Waals surface area contributed by atoms with Gasteiger partial charge in [-0.3, -0.25) is 9.59 Å². The zero-order chi connectivity index (χ0) is 15.1. The average Bonchev–Trinajstić information content (AvgIpc) is 3.05. The molecule has 2 N–H and O–H groups in total. The molecule has 4 nitrogen and oxygen atoms in total. The average molecular weight is 302 g/mol. The van der Waals surface area contributed by atoms with E-state index in [1.54, 1.807) is 35.6 Å². The van der Waals surface area contributed by atoms with Gasteiger partial charge in [0.25, 0.3) is 5.91 Å². The summed E-state index contributed by atoms with van der Waals surface area (Å²) in [6.07, 6.45) is 0. The summed E-state index contributed by atoms with van der Waals surface area (Å²) in [6, 6.07) is 10.9. The number of hydrogen-bond acceptors (Lipinski definition) is 3. The van der Waals surface area contributed by atoms with Crippen LogP contribution in [-0.4, -0.2) is 24.9 Å². The fourth-order valence-electron chi connectivity index (χ4n) is 1.85. The third-order valence-electron chi connectivity index (χ3n) is 3.16. The molecular formula is C16H18N2O2S. The van der Waals surface area contributed by atoms with E-state index in [0.717, 1.165) is 0 Å². The van der Waals surface area contributed by atoms with Crippen molar-refractivity contribution in [2.75, 3.05) is 13.1 Å². The van der Waals surface area contributed by atoms with Gasteiger partial charge >= 0.3 is 0 Å². The first-order valence-corrected chi connectivity index (χ1v) is 7.73. The second kappa shape index (κ2) is 7.59. The number of carbonyl (C=O) groups is 2. The molecule has 2 aromatic rings. The lowest BCUT2D eigenvalue weighted by Gasteiger charge is -2.11. The van der Waals surface area contributed by atoms with Crippen molar-refractivity contribution < 1.29 is 9.59 Å². The van der Waals surface area contributed by atoms with Crippen LogP contribution in [0.15, 0.2) is 47.2 Å². The highest BCUT2D eigenvalue weighted by Gasteiger charge is 2.10. The van der Waals surface area contributed by atoms with Crippen LogP contribution < -0.4 is 10.6 Å². The highest BCUT2D eigenvalue weighted by atomic mass is 32.1. The topological polar surface area (TPSA) is 58.2 Å². The predicted molar refractivity (Wildman–Crippen MR) is 84.5 cm³/mol. The molecule has 0 spiro atoms. The Morgan fingerprint density at radius 1 is 1.14 bits per heavy atom. The van der Waals surface area contributed by atoms with Crippen molar-refractivity contribution in [2.24, 2.45) is 0 Å². The lowest BCUT2D eigenvalue weighted by atomic mass is 10.1. The van der Waals surface area contributed by atoms with Gasteiger partial charge in [-0.2, -0.15) is 11.3 Å². The Morgan fingerprint density at radius 2 is 1.90 bits per heavy atom. The van der Waals surface area contributed by atoms with Gasteiger partial charge in [-0.25, -0.2) is 0 Å². The van der Waals surface area contributed by atoms with Gasteiger partial charge in [0.2, 0.25) is 5.91 Å². The molecule has 0 fully saturated rings. The first-order valence-electron chi connectivity index (χ1n) is 6.79. The third kappa shape index (κ3) is 4.72. The van der Waals surface area contributed by atoms with Gasteiger partial charge in [0.1, 0.15) is 0 Å². The second-order valence-corrected chi connectivity index (χ2v) is 5.59. The van der Waals surface area contributed by atoms with Crippen molar-refractivity contribution in [3.05, 3.63) is 58.3 Å². The van der Waals surface area contributed by atoms with Crippen LogP contribution >= 0.6 is 11.3 Å². The first-order chi connectivity index (χ1) is 10.2. The van der Waals surface area contributed by atoms with Crippen molar-refractivity contribution in [3.8, 4) is 0 Å². The van der Waals surface area contributed by atoms with Gasteiger partial charge in [-0.15, -0.1) is 0 Å². The Labute approximate surface area is 128 Å². The van der Waals surface area contributed by atoms with E-state index in [9.17, 15) is 9.59 Å². The van der Waals surface area contributed by atoms with Crippen molar-refractivity contribution in [2.45, 2.75) is 12.8 Å². The summed E-state index contributed by atoms with van der Waals surface area (Å²) in [5, 5.41) is 9.54.